The summed E-state index contributed by atoms with van der Waals surface area (Å²) in [6.45, 7) is 0.664. The lowest BCUT2D eigenvalue weighted by atomic mass is 10.1. The van der Waals surface area contributed by atoms with Crippen molar-refractivity contribution in [3.63, 3.8) is 0 Å². The highest BCUT2D eigenvalue weighted by atomic mass is 35.5. The first-order valence-corrected chi connectivity index (χ1v) is 13.1. The Bertz CT molecular complexity index is 1520. The maximum absolute atomic E-state index is 13.0. The van der Waals surface area contributed by atoms with Gasteiger partial charge in [0, 0.05) is 40.1 Å². The zero-order valence-electron chi connectivity index (χ0n) is 17.1. The van der Waals surface area contributed by atoms with E-state index in [9.17, 15) is 13.2 Å². The van der Waals surface area contributed by atoms with Crippen molar-refractivity contribution in [2.24, 2.45) is 0 Å². The number of carbonyl (C=O) groups excluding carboxylic acids is 1. The molecule has 3 N–H and O–H groups in total. The first-order chi connectivity index (χ1) is 15.7. The Hall–Kier alpha value is -2.43. The molecule has 11 heteroatoms. The van der Waals surface area contributed by atoms with Crippen molar-refractivity contribution in [1.82, 2.24) is 14.6 Å². The van der Waals surface area contributed by atoms with E-state index in [0.29, 0.717) is 28.8 Å². The maximum Gasteiger partial charge on any atom is 0.250 e. The first-order valence-electron chi connectivity index (χ1n) is 10.0. The monoisotopic (exact) mass is 520 g/mol. The van der Waals surface area contributed by atoms with E-state index in [0.717, 1.165) is 37.8 Å². The minimum absolute atomic E-state index is 0.145. The van der Waals surface area contributed by atoms with Gasteiger partial charge in [-0.25, -0.2) is 13.4 Å². The third kappa shape index (κ3) is 4.27. The number of aromatic nitrogens is 1. The molecule has 170 valence electrons. The third-order valence-corrected chi connectivity index (χ3v) is 9.24. The number of nitrogens with zero attached hydrogens (tertiary/aromatic N) is 2. The highest BCUT2D eigenvalue weighted by Crippen LogP contribution is 2.32. The van der Waals surface area contributed by atoms with Gasteiger partial charge >= 0.3 is 0 Å². The van der Waals surface area contributed by atoms with Gasteiger partial charge in [-0.2, -0.15) is 4.72 Å². The number of fused-ring (bicyclic) bond motifs is 2. The van der Waals surface area contributed by atoms with Gasteiger partial charge in [0.1, 0.15) is 15.4 Å². The summed E-state index contributed by atoms with van der Waals surface area (Å²) in [7, 11) is -3.86. The number of pyridine rings is 1. The molecule has 0 unspecified atom stereocenters. The van der Waals surface area contributed by atoms with Gasteiger partial charge < -0.3 is 10.6 Å². The van der Waals surface area contributed by atoms with Crippen LogP contribution in [0, 0.1) is 0 Å². The highest BCUT2D eigenvalue weighted by molar-refractivity contribution is 7.91. The fourth-order valence-corrected chi connectivity index (χ4v) is 7.09. The molecule has 1 fully saturated rings. The molecule has 0 radical (unpaired) electrons. The van der Waals surface area contributed by atoms with Crippen LogP contribution < -0.4 is 10.5 Å². The van der Waals surface area contributed by atoms with E-state index in [1.54, 1.807) is 41.4 Å². The topological polar surface area (TPSA) is 105 Å². The van der Waals surface area contributed by atoms with E-state index in [2.05, 4.69) is 9.71 Å². The largest absolute Gasteiger partial charge is 0.398 e. The van der Waals surface area contributed by atoms with E-state index in [4.69, 9.17) is 28.9 Å². The van der Waals surface area contributed by atoms with Gasteiger partial charge in [-0.05, 0) is 59.2 Å². The molecule has 2 aromatic carbocycles. The number of benzene rings is 2. The lowest BCUT2D eigenvalue weighted by Gasteiger charge is -2.19. The smallest absolute Gasteiger partial charge is 0.250 e. The van der Waals surface area contributed by atoms with Crippen LogP contribution in [0.15, 0.2) is 52.9 Å². The number of rotatable bonds is 5. The number of halogens is 2. The molecule has 0 aliphatic carbocycles. The average Bonchev–Trinajstić information content (AvgIpc) is 3.33. The number of thiophene rings is 1. The lowest BCUT2D eigenvalue weighted by molar-refractivity contribution is -0.129. The lowest BCUT2D eigenvalue weighted by Crippen LogP contribution is -2.41. The molecule has 0 spiro atoms. The van der Waals surface area contributed by atoms with Gasteiger partial charge in [-0.15, -0.1) is 11.3 Å². The predicted molar refractivity (Wildman–Crippen MR) is 132 cm³/mol. The molecule has 3 heterocycles. The highest BCUT2D eigenvalue weighted by Gasteiger charge is 2.35. The molecule has 5 rings (SSSR count). The van der Waals surface area contributed by atoms with Crippen LogP contribution >= 0.6 is 34.5 Å². The normalized spacial score (nSPS) is 16.8. The summed E-state index contributed by atoms with van der Waals surface area (Å²) in [5, 5.41) is 3.28. The van der Waals surface area contributed by atoms with Crippen molar-refractivity contribution < 1.29 is 13.2 Å². The molecule has 1 aliphatic rings. The van der Waals surface area contributed by atoms with E-state index >= 15 is 0 Å². The predicted octanol–water partition coefficient (Wildman–Crippen LogP) is 4.42. The number of carbonyl (C=O) groups is 1. The Kier molecular flexibility index (Phi) is 5.70. The summed E-state index contributed by atoms with van der Waals surface area (Å²) in [6, 6.07) is 11.4. The van der Waals surface area contributed by atoms with Crippen LogP contribution in [0.25, 0.3) is 20.9 Å². The van der Waals surface area contributed by atoms with Crippen molar-refractivity contribution in [2.45, 2.75) is 23.2 Å². The number of hydrogen-bond acceptors (Lipinski definition) is 6. The number of sulfonamides is 1. The van der Waals surface area contributed by atoms with Crippen molar-refractivity contribution in [2.75, 3.05) is 12.3 Å². The van der Waals surface area contributed by atoms with Crippen LogP contribution in [-0.4, -0.2) is 36.8 Å². The fourth-order valence-electron chi connectivity index (χ4n) is 3.95. The number of likely N-dealkylation sites (tertiary alicyclic amines) is 1. The van der Waals surface area contributed by atoms with Crippen molar-refractivity contribution in [3.05, 3.63) is 64.4 Å². The Morgan fingerprint density at radius 2 is 1.97 bits per heavy atom. The zero-order chi connectivity index (χ0) is 23.3. The molecule has 1 amide bonds. The van der Waals surface area contributed by atoms with Crippen molar-refractivity contribution >= 4 is 77.0 Å². The quantitative estimate of drug-likeness (QED) is 0.299. The van der Waals surface area contributed by atoms with Gasteiger partial charge in [0.05, 0.1) is 0 Å². The van der Waals surface area contributed by atoms with E-state index in [1.807, 2.05) is 12.1 Å². The third-order valence-electron chi connectivity index (χ3n) is 5.66. The van der Waals surface area contributed by atoms with Gasteiger partial charge in [0.25, 0.3) is 10.0 Å². The number of nitrogen functional groups attached to an aromatic ring is 1. The summed E-state index contributed by atoms with van der Waals surface area (Å²) >= 11 is 13.3. The number of anilines is 1. The van der Waals surface area contributed by atoms with E-state index in [-0.39, 0.29) is 16.7 Å². The second-order valence-corrected chi connectivity index (χ2v) is 11.7. The molecule has 33 heavy (non-hydrogen) atoms. The van der Waals surface area contributed by atoms with Crippen LogP contribution in [0.4, 0.5) is 5.69 Å². The summed E-state index contributed by atoms with van der Waals surface area (Å²) < 4.78 is 29.4. The molecule has 1 atom stereocenters. The van der Waals surface area contributed by atoms with Gasteiger partial charge in [-0.3, -0.25) is 4.79 Å². The minimum atomic E-state index is -3.86. The summed E-state index contributed by atoms with van der Waals surface area (Å²) in [5.41, 5.74) is 7.46. The number of nitrogens with two attached hydrogens (primary N) is 1. The molecule has 7 nitrogen and oxygen atoms in total. The number of hydrogen-bond donors (Lipinski definition) is 2. The second-order valence-electron chi connectivity index (χ2n) is 7.84. The molecular weight excluding hydrogens is 503 g/mol. The van der Waals surface area contributed by atoms with Crippen molar-refractivity contribution in [1.29, 1.82) is 0 Å². The van der Waals surface area contributed by atoms with Gasteiger partial charge in [0.15, 0.2) is 0 Å². The second kappa shape index (κ2) is 8.41. The SMILES string of the molecule is Nc1cc2ccnc(Cl)c2cc1CN1CC[C@H](NS(=O)(=O)c2cc3ccc(Cl)cc3s2)C1=O. The van der Waals surface area contributed by atoms with Crippen LogP contribution in [0.5, 0.6) is 0 Å². The molecule has 1 saturated heterocycles. The molecule has 0 bridgehead atoms. The number of amides is 1. The zero-order valence-corrected chi connectivity index (χ0v) is 20.2. The molecular formula is C22H18Cl2N4O3S2. The Morgan fingerprint density at radius 3 is 2.79 bits per heavy atom. The average molecular weight is 521 g/mol. The fraction of sp³-hybridized carbons (Fsp3) is 0.182. The summed E-state index contributed by atoms with van der Waals surface area (Å²) in [4.78, 5) is 18.7. The summed E-state index contributed by atoms with van der Waals surface area (Å²) in [6.07, 6.45) is 1.97. The van der Waals surface area contributed by atoms with Crippen LogP contribution in [-0.2, 0) is 21.4 Å². The van der Waals surface area contributed by atoms with E-state index in [1.165, 1.54) is 0 Å². The summed E-state index contributed by atoms with van der Waals surface area (Å²) in [5.74, 6) is -0.292. The van der Waals surface area contributed by atoms with Crippen LogP contribution in [0.1, 0.15) is 12.0 Å². The Labute approximate surface area is 204 Å². The molecule has 4 aromatic rings. The Balaban J connectivity index is 1.34. The molecule has 1 aliphatic heterocycles. The molecule has 0 saturated carbocycles. The standard InChI is InChI=1S/C22H18Cl2N4O3S2/c23-15-2-1-13-9-20(32-19(13)10-15)33(30,31)27-18-4-6-28(22(18)29)11-14-7-16-12(8-17(14)25)3-5-26-21(16)24/h1-3,5,7-10,18,27H,4,6,11,25H2/t18-/m0/s1. The first kappa shape index (κ1) is 22.4. The van der Waals surface area contributed by atoms with Crippen LogP contribution in [0.3, 0.4) is 0 Å². The maximum atomic E-state index is 13.0. The Morgan fingerprint density at radius 1 is 1.15 bits per heavy atom. The minimum Gasteiger partial charge on any atom is -0.398 e. The molecule has 2 aromatic heterocycles. The van der Waals surface area contributed by atoms with Gasteiger partial charge in [-0.1, -0.05) is 29.3 Å². The van der Waals surface area contributed by atoms with E-state index < -0.39 is 16.1 Å². The number of nitrogens with one attached hydrogen (secondary N) is 1. The van der Waals surface area contributed by atoms with Crippen molar-refractivity contribution in [3.8, 4) is 0 Å². The van der Waals surface area contributed by atoms with Crippen LogP contribution in [0.2, 0.25) is 10.2 Å². The van der Waals surface area contributed by atoms with Gasteiger partial charge in [0.2, 0.25) is 5.91 Å².